The van der Waals surface area contributed by atoms with Gasteiger partial charge in [-0.05, 0) is 109 Å². The molecule has 0 saturated heterocycles. The molecule has 1 nitrogen and oxygen atoms in total. The molecule has 0 saturated carbocycles. The van der Waals surface area contributed by atoms with Gasteiger partial charge in [0.15, 0.2) is 0 Å². The lowest BCUT2D eigenvalue weighted by Gasteiger charge is -2.34. The van der Waals surface area contributed by atoms with Crippen molar-refractivity contribution in [2.24, 2.45) is 0 Å². The molecule has 2 aromatic heterocycles. The largest absolute Gasteiger partial charge is 0.308 e. The Labute approximate surface area is 301 Å². The highest BCUT2D eigenvalue weighted by Gasteiger charge is 2.46. The molecule has 0 bridgehead atoms. The second kappa shape index (κ2) is 10.2. The van der Waals surface area contributed by atoms with Crippen LogP contribution in [0.2, 0.25) is 0 Å². The Kier molecular flexibility index (Phi) is 5.49. The van der Waals surface area contributed by atoms with Crippen molar-refractivity contribution in [2.75, 3.05) is 0 Å². The van der Waals surface area contributed by atoms with Crippen LogP contribution in [0.1, 0.15) is 22.3 Å². The summed E-state index contributed by atoms with van der Waals surface area (Å²) < 4.78 is 2.52. The molecule has 52 heavy (non-hydrogen) atoms. The molecule has 0 N–H and O–H groups in total. The smallest absolute Gasteiger partial charge is 0.0713 e. The molecule has 9 aromatic carbocycles. The second-order valence-electron chi connectivity index (χ2n) is 14.5. The topological polar surface area (TPSA) is 4.41 Å². The predicted molar refractivity (Wildman–Crippen MR) is 219 cm³/mol. The van der Waals surface area contributed by atoms with Gasteiger partial charge in [-0.25, -0.2) is 0 Å². The number of hydrogen-bond donors (Lipinski definition) is 0. The maximum atomic E-state index is 2.52. The zero-order valence-electron chi connectivity index (χ0n) is 28.3. The van der Waals surface area contributed by atoms with Gasteiger partial charge < -0.3 is 4.40 Å². The van der Waals surface area contributed by atoms with Gasteiger partial charge in [-0.15, -0.1) is 0 Å². The fourth-order valence-corrected chi connectivity index (χ4v) is 9.71. The molecular formula is C51H31N. The Morgan fingerprint density at radius 1 is 0.327 bits per heavy atom. The van der Waals surface area contributed by atoms with E-state index in [2.05, 4.69) is 192 Å². The van der Waals surface area contributed by atoms with E-state index in [-0.39, 0.29) is 0 Å². The SMILES string of the molecule is c1ccc(C2(c3ccccc3)c3ccccc3-c3ccc(-c4cc5c6cc7ccccc7cc6n6c7cc8ccccc8cc7c(c4)c56)cc32)cc1. The van der Waals surface area contributed by atoms with Crippen LogP contribution < -0.4 is 0 Å². The number of aromatic nitrogens is 1. The first-order valence-corrected chi connectivity index (χ1v) is 18.2. The summed E-state index contributed by atoms with van der Waals surface area (Å²) in [5.74, 6) is 0. The quantitative estimate of drug-likeness (QED) is 0.178. The number of rotatable bonds is 3. The highest BCUT2D eigenvalue weighted by molar-refractivity contribution is 6.27. The molecule has 0 atom stereocenters. The van der Waals surface area contributed by atoms with Crippen LogP contribution >= 0.6 is 0 Å². The van der Waals surface area contributed by atoms with Crippen LogP contribution in [-0.2, 0) is 5.41 Å². The molecule has 0 fully saturated rings. The summed E-state index contributed by atoms with van der Waals surface area (Å²) in [4.78, 5) is 0. The highest BCUT2D eigenvalue weighted by Crippen LogP contribution is 2.57. The minimum atomic E-state index is -0.439. The average Bonchev–Trinajstić information content (AvgIpc) is 3.82. The van der Waals surface area contributed by atoms with E-state index in [4.69, 9.17) is 0 Å². The highest BCUT2D eigenvalue weighted by atomic mass is 14.9. The molecule has 0 radical (unpaired) electrons. The van der Waals surface area contributed by atoms with Crippen molar-refractivity contribution in [3.8, 4) is 22.3 Å². The summed E-state index contributed by atoms with van der Waals surface area (Å²) in [7, 11) is 0. The Bertz CT molecular complexity index is 3060. The summed E-state index contributed by atoms with van der Waals surface area (Å²) in [6, 6.07) is 70.4. The minimum Gasteiger partial charge on any atom is -0.308 e. The molecule has 0 aliphatic heterocycles. The van der Waals surface area contributed by atoms with Gasteiger partial charge in [-0.2, -0.15) is 0 Å². The van der Waals surface area contributed by atoms with Gasteiger partial charge in [0.2, 0.25) is 0 Å². The molecule has 0 amide bonds. The van der Waals surface area contributed by atoms with Crippen LogP contribution in [0.15, 0.2) is 188 Å². The van der Waals surface area contributed by atoms with Crippen molar-refractivity contribution in [3.63, 3.8) is 0 Å². The van der Waals surface area contributed by atoms with Crippen LogP contribution in [0.3, 0.4) is 0 Å². The van der Waals surface area contributed by atoms with Crippen LogP contribution in [0, 0.1) is 0 Å². The van der Waals surface area contributed by atoms with E-state index in [9.17, 15) is 0 Å². The fraction of sp³-hybridized carbons (Fsp3) is 0.0196. The zero-order chi connectivity index (χ0) is 34.0. The molecule has 2 heterocycles. The van der Waals surface area contributed by atoms with E-state index >= 15 is 0 Å². The first-order chi connectivity index (χ1) is 25.8. The maximum Gasteiger partial charge on any atom is 0.0713 e. The molecule has 240 valence electrons. The van der Waals surface area contributed by atoms with Crippen molar-refractivity contribution in [3.05, 3.63) is 210 Å². The van der Waals surface area contributed by atoms with E-state index in [1.54, 1.807) is 0 Å². The Balaban J connectivity index is 1.20. The van der Waals surface area contributed by atoms with E-state index in [0.717, 1.165) is 0 Å². The van der Waals surface area contributed by atoms with E-state index in [0.29, 0.717) is 0 Å². The maximum absolute atomic E-state index is 2.52. The van der Waals surface area contributed by atoms with E-state index < -0.39 is 5.41 Å². The van der Waals surface area contributed by atoms with Gasteiger partial charge in [0, 0.05) is 21.5 Å². The van der Waals surface area contributed by atoms with Gasteiger partial charge in [-0.3, -0.25) is 0 Å². The lowest BCUT2D eigenvalue weighted by molar-refractivity contribution is 0.769. The number of benzene rings is 9. The third-order valence-electron chi connectivity index (χ3n) is 11.9. The first-order valence-electron chi connectivity index (χ1n) is 18.2. The van der Waals surface area contributed by atoms with Crippen molar-refractivity contribution in [2.45, 2.75) is 5.41 Å². The molecule has 12 rings (SSSR count). The van der Waals surface area contributed by atoms with Crippen molar-refractivity contribution in [1.82, 2.24) is 4.40 Å². The Hall–Kier alpha value is -6.70. The number of hydrogen-bond acceptors (Lipinski definition) is 0. The predicted octanol–water partition coefficient (Wildman–Crippen LogP) is 13.2. The third-order valence-corrected chi connectivity index (χ3v) is 11.9. The fourth-order valence-electron chi connectivity index (χ4n) is 9.71. The molecule has 11 aromatic rings. The van der Waals surface area contributed by atoms with Crippen LogP contribution in [0.4, 0.5) is 0 Å². The van der Waals surface area contributed by atoms with Crippen LogP contribution in [0.25, 0.3) is 81.9 Å². The summed E-state index contributed by atoms with van der Waals surface area (Å²) in [5, 5.41) is 10.3. The second-order valence-corrected chi connectivity index (χ2v) is 14.5. The van der Waals surface area contributed by atoms with Crippen molar-refractivity contribution in [1.29, 1.82) is 0 Å². The minimum absolute atomic E-state index is 0.439. The van der Waals surface area contributed by atoms with E-state index in [1.165, 1.54) is 104 Å². The van der Waals surface area contributed by atoms with Gasteiger partial charge in [0.25, 0.3) is 0 Å². The Morgan fingerprint density at radius 3 is 1.38 bits per heavy atom. The van der Waals surface area contributed by atoms with Gasteiger partial charge in [0.1, 0.15) is 0 Å². The molecular weight excluding hydrogens is 627 g/mol. The zero-order valence-corrected chi connectivity index (χ0v) is 28.3. The van der Waals surface area contributed by atoms with Crippen molar-refractivity contribution < 1.29 is 0 Å². The average molecular weight is 658 g/mol. The van der Waals surface area contributed by atoms with Crippen LogP contribution in [-0.4, -0.2) is 4.40 Å². The first kappa shape index (κ1) is 28.0. The molecule has 1 aliphatic carbocycles. The Morgan fingerprint density at radius 2 is 0.808 bits per heavy atom. The normalized spacial score (nSPS) is 13.5. The molecule has 0 spiro atoms. The summed E-state index contributed by atoms with van der Waals surface area (Å²) in [6.45, 7) is 0. The number of nitrogens with zero attached hydrogens (tertiary/aromatic N) is 1. The standard InChI is InChI=1S/C51H31N/c1-3-17-38(18-4-1)51(39-19-5-2-6-20-39)46-22-12-11-21-40(46)41-24-23-36(29-47(41)51)37-27-44-42-25-32-13-7-9-15-34(32)30-48(42)52-49-31-35-16-10-8-14-33(35)26-43(49)45(28-37)50(44)52/h1-31H. The lowest BCUT2D eigenvalue weighted by Crippen LogP contribution is -2.28. The summed E-state index contributed by atoms with van der Waals surface area (Å²) in [6.07, 6.45) is 0. The van der Waals surface area contributed by atoms with Gasteiger partial charge >= 0.3 is 0 Å². The van der Waals surface area contributed by atoms with Gasteiger partial charge in [-0.1, -0.05) is 146 Å². The number of fused-ring (bicyclic) bond motifs is 11. The monoisotopic (exact) mass is 657 g/mol. The third kappa shape index (κ3) is 3.57. The van der Waals surface area contributed by atoms with Gasteiger partial charge in [0.05, 0.1) is 22.0 Å². The van der Waals surface area contributed by atoms with Crippen LogP contribution in [0.5, 0.6) is 0 Å². The molecule has 1 aliphatic rings. The van der Waals surface area contributed by atoms with E-state index in [1.807, 2.05) is 0 Å². The summed E-state index contributed by atoms with van der Waals surface area (Å²) >= 11 is 0. The van der Waals surface area contributed by atoms with Crippen molar-refractivity contribution >= 4 is 59.6 Å². The summed E-state index contributed by atoms with van der Waals surface area (Å²) in [5.41, 5.74) is 13.7. The molecule has 0 unspecified atom stereocenters. The lowest BCUT2D eigenvalue weighted by atomic mass is 9.67. The molecule has 1 heteroatoms.